The molecule has 118 valence electrons. The summed E-state index contributed by atoms with van der Waals surface area (Å²) in [6.45, 7) is 0. The molecular formula is C17H17N3O3. The topological polar surface area (TPSA) is 79.5 Å². The predicted molar refractivity (Wildman–Crippen MR) is 88.8 cm³/mol. The first-order chi connectivity index (χ1) is 11.2. The average Bonchev–Trinajstić information content (AvgIpc) is 2.59. The van der Waals surface area contributed by atoms with Crippen molar-refractivity contribution in [2.45, 2.75) is 0 Å². The van der Waals surface area contributed by atoms with E-state index in [2.05, 4.69) is 16.2 Å². The molecule has 0 aliphatic carbocycles. The highest BCUT2D eigenvalue weighted by molar-refractivity contribution is 5.95. The van der Waals surface area contributed by atoms with Crippen LogP contribution in [0.5, 0.6) is 5.75 Å². The number of carbonyl (C=O) groups is 2. The Hall–Kier alpha value is -3.28. The highest BCUT2D eigenvalue weighted by Gasteiger charge is 2.01. The fourth-order valence-corrected chi connectivity index (χ4v) is 1.73. The third kappa shape index (κ3) is 5.55. The van der Waals surface area contributed by atoms with Gasteiger partial charge in [0.2, 0.25) is 0 Å². The summed E-state index contributed by atoms with van der Waals surface area (Å²) in [5.74, 6) is 0.301. The number of hydrogen-bond donors (Lipinski definition) is 3. The Kier molecular flexibility index (Phi) is 5.76. The number of para-hydroxylation sites is 1. The van der Waals surface area contributed by atoms with Gasteiger partial charge in [0.05, 0.1) is 7.11 Å². The van der Waals surface area contributed by atoms with Gasteiger partial charge in [-0.2, -0.15) is 0 Å². The first-order valence-corrected chi connectivity index (χ1v) is 6.91. The molecule has 0 unspecified atom stereocenters. The van der Waals surface area contributed by atoms with E-state index >= 15 is 0 Å². The first kappa shape index (κ1) is 16.1. The molecule has 0 fully saturated rings. The normalized spacial score (nSPS) is 10.1. The van der Waals surface area contributed by atoms with Gasteiger partial charge in [-0.1, -0.05) is 30.3 Å². The summed E-state index contributed by atoms with van der Waals surface area (Å²) in [7, 11) is 1.59. The van der Waals surface area contributed by atoms with Crippen molar-refractivity contribution in [1.29, 1.82) is 0 Å². The second-order valence-corrected chi connectivity index (χ2v) is 4.54. The lowest BCUT2D eigenvalue weighted by Gasteiger charge is -2.07. The van der Waals surface area contributed by atoms with Gasteiger partial charge in [-0.05, 0) is 35.9 Å². The van der Waals surface area contributed by atoms with Crippen molar-refractivity contribution in [1.82, 2.24) is 10.9 Å². The number of rotatable bonds is 4. The zero-order valence-corrected chi connectivity index (χ0v) is 12.6. The molecule has 0 aliphatic rings. The Labute approximate surface area is 134 Å². The second kappa shape index (κ2) is 8.23. The van der Waals surface area contributed by atoms with Crippen molar-refractivity contribution < 1.29 is 14.3 Å². The third-order valence-electron chi connectivity index (χ3n) is 2.87. The quantitative estimate of drug-likeness (QED) is 0.600. The number of hydrogen-bond acceptors (Lipinski definition) is 3. The molecule has 6 heteroatoms. The van der Waals surface area contributed by atoms with Crippen LogP contribution < -0.4 is 20.9 Å². The fraction of sp³-hybridized carbons (Fsp3) is 0.0588. The fourth-order valence-electron chi connectivity index (χ4n) is 1.73. The molecule has 0 atom stereocenters. The molecule has 23 heavy (non-hydrogen) atoms. The Morgan fingerprint density at radius 3 is 2.30 bits per heavy atom. The summed E-state index contributed by atoms with van der Waals surface area (Å²) in [6.07, 6.45) is 2.95. The van der Waals surface area contributed by atoms with E-state index in [1.807, 2.05) is 18.2 Å². The minimum atomic E-state index is -0.526. The molecule has 6 nitrogen and oxygen atoms in total. The van der Waals surface area contributed by atoms with Gasteiger partial charge in [-0.25, -0.2) is 10.2 Å². The molecule has 0 saturated heterocycles. The van der Waals surface area contributed by atoms with Crippen molar-refractivity contribution in [3.63, 3.8) is 0 Å². The third-order valence-corrected chi connectivity index (χ3v) is 2.87. The van der Waals surface area contributed by atoms with E-state index in [0.29, 0.717) is 5.69 Å². The molecule has 3 amide bonds. The number of methoxy groups -OCH3 is 1. The maximum absolute atomic E-state index is 11.6. The predicted octanol–water partition coefficient (Wildman–Crippen LogP) is 2.56. The van der Waals surface area contributed by atoms with Gasteiger partial charge < -0.3 is 10.1 Å². The van der Waals surface area contributed by atoms with Gasteiger partial charge >= 0.3 is 6.03 Å². The van der Waals surface area contributed by atoms with Crippen LogP contribution in [0.1, 0.15) is 5.56 Å². The molecule has 0 saturated carbocycles. The second-order valence-electron chi connectivity index (χ2n) is 4.54. The van der Waals surface area contributed by atoms with Crippen molar-refractivity contribution in [3.05, 3.63) is 66.2 Å². The standard InChI is InChI=1S/C17H17N3O3/c1-23-15-10-7-13(8-11-15)9-12-16(21)19-20-17(22)18-14-5-3-2-4-6-14/h2-12H,1H3,(H,19,21)(H2,18,20,22)/b12-9+. The molecule has 0 aliphatic heterocycles. The van der Waals surface area contributed by atoms with Gasteiger partial charge in [-0.3, -0.25) is 10.2 Å². The minimum absolute atomic E-state index is 0.441. The molecule has 2 aromatic carbocycles. The number of ether oxygens (including phenoxy) is 1. The van der Waals surface area contributed by atoms with Crippen molar-refractivity contribution >= 4 is 23.7 Å². The summed E-state index contributed by atoms with van der Waals surface area (Å²) in [5, 5.41) is 2.58. The van der Waals surface area contributed by atoms with Crippen LogP contribution in [0, 0.1) is 0 Å². The Morgan fingerprint density at radius 2 is 1.65 bits per heavy atom. The largest absolute Gasteiger partial charge is 0.497 e. The first-order valence-electron chi connectivity index (χ1n) is 6.91. The van der Waals surface area contributed by atoms with Gasteiger partial charge in [0.25, 0.3) is 5.91 Å². The maximum Gasteiger partial charge on any atom is 0.337 e. The molecular weight excluding hydrogens is 294 g/mol. The Bertz CT molecular complexity index is 682. The average molecular weight is 311 g/mol. The summed E-state index contributed by atoms with van der Waals surface area (Å²) < 4.78 is 5.05. The number of urea groups is 1. The number of hydrazine groups is 1. The minimum Gasteiger partial charge on any atom is -0.497 e. The molecule has 0 spiro atoms. The van der Waals surface area contributed by atoms with E-state index in [1.165, 1.54) is 6.08 Å². The summed E-state index contributed by atoms with van der Waals surface area (Å²) in [6, 6.07) is 15.6. The van der Waals surface area contributed by atoms with Crippen LogP contribution in [0.3, 0.4) is 0 Å². The lowest BCUT2D eigenvalue weighted by atomic mass is 10.2. The molecule has 0 heterocycles. The lowest BCUT2D eigenvalue weighted by molar-refractivity contribution is -0.117. The van der Waals surface area contributed by atoms with Gasteiger partial charge in [0.15, 0.2) is 0 Å². The molecule has 2 aromatic rings. The number of anilines is 1. The SMILES string of the molecule is COc1ccc(/C=C/C(=O)NNC(=O)Nc2ccccc2)cc1. The van der Waals surface area contributed by atoms with Gasteiger partial charge in [0.1, 0.15) is 5.75 Å². The zero-order valence-electron chi connectivity index (χ0n) is 12.6. The van der Waals surface area contributed by atoms with E-state index in [1.54, 1.807) is 49.6 Å². The van der Waals surface area contributed by atoms with Gasteiger partial charge in [-0.15, -0.1) is 0 Å². The van der Waals surface area contributed by atoms with Crippen LogP contribution in [0.2, 0.25) is 0 Å². The smallest absolute Gasteiger partial charge is 0.337 e. The summed E-state index contributed by atoms with van der Waals surface area (Å²) in [5.41, 5.74) is 6.02. The van der Waals surface area contributed by atoms with E-state index in [-0.39, 0.29) is 0 Å². The number of nitrogens with one attached hydrogen (secondary N) is 3. The molecule has 2 rings (SSSR count). The van der Waals surface area contributed by atoms with Gasteiger partial charge in [0, 0.05) is 11.8 Å². The van der Waals surface area contributed by atoms with Crippen molar-refractivity contribution in [2.24, 2.45) is 0 Å². The monoisotopic (exact) mass is 311 g/mol. The van der Waals surface area contributed by atoms with Crippen LogP contribution in [0.15, 0.2) is 60.7 Å². The number of carbonyl (C=O) groups excluding carboxylic acids is 2. The Morgan fingerprint density at radius 1 is 0.957 bits per heavy atom. The van der Waals surface area contributed by atoms with Crippen LogP contribution in [0.25, 0.3) is 6.08 Å². The summed E-state index contributed by atoms with van der Waals surface area (Å²) >= 11 is 0. The van der Waals surface area contributed by atoms with Crippen molar-refractivity contribution in [2.75, 3.05) is 12.4 Å². The molecule has 0 bridgehead atoms. The zero-order chi connectivity index (χ0) is 16.5. The van der Waals surface area contributed by atoms with E-state index in [0.717, 1.165) is 11.3 Å². The Balaban J connectivity index is 1.77. The number of amides is 3. The molecule has 0 aromatic heterocycles. The highest BCUT2D eigenvalue weighted by Crippen LogP contribution is 2.12. The van der Waals surface area contributed by atoms with Crippen LogP contribution >= 0.6 is 0 Å². The summed E-state index contributed by atoms with van der Waals surface area (Å²) in [4.78, 5) is 23.2. The van der Waals surface area contributed by atoms with E-state index in [4.69, 9.17) is 4.74 Å². The van der Waals surface area contributed by atoms with Crippen molar-refractivity contribution in [3.8, 4) is 5.75 Å². The van der Waals surface area contributed by atoms with Crippen LogP contribution in [-0.4, -0.2) is 19.0 Å². The van der Waals surface area contributed by atoms with E-state index in [9.17, 15) is 9.59 Å². The molecule has 3 N–H and O–H groups in total. The number of benzene rings is 2. The molecule has 0 radical (unpaired) electrons. The van der Waals surface area contributed by atoms with E-state index < -0.39 is 11.9 Å². The van der Waals surface area contributed by atoms with Crippen LogP contribution in [0.4, 0.5) is 10.5 Å². The lowest BCUT2D eigenvalue weighted by Crippen LogP contribution is -2.43. The van der Waals surface area contributed by atoms with Crippen LogP contribution in [-0.2, 0) is 4.79 Å². The maximum atomic E-state index is 11.6. The highest BCUT2D eigenvalue weighted by atomic mass is 16.5.